The van der Waals surface area contributed by atoms with Crippen LogP contribution in [0.3, 0.4) is 0 Å². The van der Waals surface area contributed by atoms with Crippen LogP contribution in [0, 0.1) is 0 Å². The highest BCUT2D eigenvalue weighted by atomic mass is 16.3. The van der Waals surface area contributed by atoms with Crippen LogP contribution in [0.1, 0.15) is 28.1 Å². The number of hydrogen-bond donors (Lipinski definition) is 1. The van der Waals surface area contributed by atoms with Crippen molar-refractivity contribution in [2.75, 3.05) is 26.2 Å². The number of nitrogens with zero attached hydrogens (tertiary/aromatic N) is 2. The first-order valence-electron chi connectivity index (χ1n) is 8.09. The lowest BCUT2D eigenvalue weighted by Gasteiger charge is -2.21. The number of amides is 1. The third-order valence-electron chi connectivity index (χ3n) is 4.23. The van der Waals surface area contributed by atoms with Gasteiger partial charge in [-0.1, -0.05) is 30.3 Å². The average molecular weight is 313 g/mol. The van der Waals surface area contributed by atoms with E-state index in [2.05, 4.69) is 29.2 Å². The Morgan fingerprint density at radius 3 is 2.70 bits per heavy atom. The molecule has 1 aromatic carbocycles. The van der Waals surface area contributed by atoms with Crippen molar-refractivity contribution in [3.8, 4) is 0 Å². The van der Waals surface area contributed by atoms with Crippen molar-refractivity contribution in [2.45, 2.75) is 19.5 Å². The van der Waals surface area contributed by atoms with Gasteiger partial charge in [-0.3, -0.25) is 9.69 Å². The van der Waals surface area contributed by atoms with Gasteiger partial charge in [0.2, 0.25) is 0 Å². The van der Waals surface area contributed by atoms with Gasteiger partial charge in [0.15, 0.2) is 0 Å². The molecule has 2 heterocycles. The monoisotopic (exact) mass is 313 g/mol. The molecule has 0 radical (unpaired) electrons. The van der Waals surface area contributed by atoms with Crippen molar-refractivity contribution in [2.24, 2.45) is 5.73 Å². The molecule has 0 spiro atoms. The molecule has 5 nitrogen and oxygen atoms in total. The van der Waals surface area contributed by atoms with Crippen LogP contribution >= 0.6 is 0 Å². The summed E-state index contributed by atoms with van der Waals surface area (Å²) in [5.41, 5.74) is 7.45. The third kappa shape index (κ3) is 4.00. The lowest BCUT2D eigenvalue weighted by atomic mass is 10.2. The van der Waals surface area contributed by atoms with Crippen molar-refractivity contribution >= 4 is 5.91 Å². The maximum atomic E-state index is 12.6. The predicted octanol–water partition coefficient (Wildman–Crippen LogP) is 2.09. The molecule has 3 rings (SSSR count). The standard InChI is InChI=1S/C18H23N3O2/c19-12-17-11-16(14-23-17)18(22)21-8-4-7-20(9-10-21)13-15-5-2-1-3-6-15/h1-3,5-6,11,14H,4,7-10,12-13,19H2. The van der Waals surface area contributed by atoms with Crippen LogP contribution in [0.5, 0.6) is 0 Å². The maximum absolute atomic E-state index is 12.6. The van der Waals surface area contributed by atoms with Gasteiger partial charge >= 0.3 is 0 Å². The van der Waals surface area contributed by atoms with Crippen LogP contribution in [0.15, 0.2) is 47.1 Å². The van der Waals surface area contributed by atoms with Gasteiger partial charge in [-0.25, -0.2) is 0 Å². The highest BCUT2D eigenvalue weighted by Gasteiger charge is 2.21. The number of furan rings is 1. The van der Waals surface area contributed by atoms with Crippen LogP contribution < -0.4 is 5.73 Å². The summed E-state index contributed by atoms with van der Waals surface area (Å²) in [7, 11) is 0. The average Bonchev–Trinajstić information content (AvgIpc) is 2.95. The molecule has 0 aliphatic carbocycles. The molecule has 1 aromatic heterocycles. The summed E-state index contributed by atoms with van der Waals surface area (Å²) in [5, 5.41) is 0. The number of rotatable bonds is 4. The molecule has 23 heavy (non-hydrogen) atoms. The summed E-state index contributed by atoms with van der Waals surface area (Å²) in [6.45, 7) is 4.69. The van der Waals surface area contributed by atoms with Crippen molar-refractivity contribution in [3.05, 3.63) is 59.5 Å². The fourth-order valence-corrected chi connectivity index (χ4v) is 2.96. The summed E-state index contributed by atoms with van der Waals surface area (Å²) in [6, 6.07) is 12.2. The van der Waals surface area contributed by atoms with Gasteiger partial charge in [-0.15, -0.1) is 0 Å². The smallest absolute Gasteiger partial charge is 0.257 e. The zero-order valence-corrected chi connectivity index (χ0v) is 13.3. The molecule has 1 aliphatic rings. The van der Waals surface area contributed by atoms with E-state index in [0.29, 0.717) is 17.9 Å². The minimum atomic E-state index is 0.0370. The summed E-state index contributed by atoms with van der Waals surface area (Å²) >= 11 is 0. The molecule has 0 unspecified atom stereocenters. The van der Waals surface area contributed by atoms with Crippen LogP contribution in [0.4, 0.5) is 0 Å². The molecule has 0 saturated carbocycles. The molecule has 1 saturated heterocycles. The van der Waals surface area contributed by atoms with Gasteiger partial charge < -0.3 is 15.1 Å². The fourth-order valence-electron chi connectivity index (χ4n) is 2.96. The minimum absolute atomic E-state index is 0.0370. The molecular weight excluding hydrogens is 290 g/mol. The second kappa shape index (κ2) is 7.44. The summed E-state index contributed by atoms with van der Waals surface area (Å²) < 4.78 is 5.27. The van der Waals surface area contributed by atoms with E-state index in [1.165, 1.54) is 11.8 Å². The first kappa shape index (κ1) is 15.8. The second-order valence-corrected chi connectivity index (χ2v) is 5.91. The zero-order valence-electron chi connectivity index (χ0n) is 13.3. The lowest BCUT2D eigenvalue weighted by Crippen LogP contribution is -2.34. The first-order valence-corrected chi connectivity index (χ1v) is 8.09. The maximum Gasteiger partial charge on any atom is 0.257 e. The molecule has 122 valence electrons. The van der Waals surface area contributed by atoms with E-state index in [1.54, 1.807) is 6.07 Å². The Morgan fingerprint density at radius 2 is 1.96 bits per heavy atom. The number of hydrogen-bond acceptors (Lipinski definition) is 4. The molecule has 0 atom stereocenters. The van der Waals surface area contributed by atoms with Gasteiger partial charge in [-0.2, -0.15) is 0 Å². The molecule has 2 N–H and O–H groups in total. The van der Waals surface area contributed by atoms with Gasteiger partial charge in [0.25, 0.3) is 5.91 Å². The van der Waals surface area contributed by atoms with Crippen molar-refractivity contribution < 1.29 is 9.21 Å². The minimum Gasteiger partial charge on any atom is -0.467 e. The predicted molar refractivity (Wildman–Crippen MR) is 88.8 cm³/mol. The quantitative estimate of drug-likeness (QED) is 0.939. The van der Waals surface area contributed by atoms with Gasteiger partial charge in [0.1, 0.15) is 12.0 Å². The molecule has 1 fully saturated rings. The van der Waals surface area contributed by atoms with E-state index >= 15 is 0 Å². The fraction of sp³-hybridized carbons (Fsp3) is 0.389. The Hall–Kier alpha value is -2.11. The van der Waals surface area contributed by atoms with Gasteiger partial charge in [-0.05, 0) is 18.1 Å². The number of benzene rings is 1. The summed E-state index contributed by atoms with van der Waals surface area (Å²) in [6.07, 6.45) is 2.50. The Bertz CT molecular complexity index is 639. The number of nitrogens with two attached hydrogens (primary N) is 1. The number of carbonyl (C=O) groups excluding carboxylic acids is 1. The van der Waals surface area contributed by atoms with E-state index < -0.39 is 0 Å². The second-order valence-electron chi connectivity index (χ2n) is 5.91. The molecule has 2 aromatic rings. The summed E-state index contributed by atoms with van der Waals surface area (Å²) in [4.78, 5) is 16.9. The van der Waals surface area contributed by atoms with Crippen LogP contribution in [0.2, 0.25) is 0 Å². The Labute approximate surface area is 136 Å². The topological polar surface area (TPSA) is 62.7 Å². The van der Waals surface area contributed by atoms with E-state index in [0.717, 1.165) is 39.1 Å². The van der Waals surface area contributed by atoms with Crippen molar-refractivity contribution in [1.29, 1.82) is 0 Å². The first-order chi connectivity index (χ1) is 11.3. The molecule has 1 amide bonds. The normalized spacial score (nSPS) is 16.3. The third-order valence-corrected chi connectivity index (χ3v) is 4.23. The Morgan fingerprint density at radius 1 is 1.13 bits per heavy atom. The highest BCUT2D eigenvalue weighted by Crippen LogP contribution is 2.14. The zero-order chi connectivity index (χ0) is 16.1. The van der Waals surface area contributed by atoms with E-state index in [-0.39, 0.29) is 5.91 Å². The molecule has 0 bridgehead atoms. The largest absolute Gasteiger partial charge is 0.467 e. The van der Waals surface area contributed by atoms with Crippen LogP contribution in [-0.4, -0.2) is 41.9 Å². The highest BCUT2D eigenvalue weighted by molar-refractivity contribution is 5.94. The lowest BCUT2D eigenvalue weighted by molar-refractivity contribution is 0.0760. The molecular formula is C18H23N3O2. The van der Waals surface area contributed by atoms with E-state index in [9.17, 15) is 4.79 Å². The number of carbonyl (C=O) groups is 1. The van der Waals surface area contributed by atoms with E-state index in [4.69, 9.17) is 10.2 Å². The SMILES string of the molecule is NCc1cc(C(=O)N2CCCN(Cc3ccccc3)CC2)co1. The van der Waals surface area contributed by atoms with E-state index in [1.807, 2.05) is 11.0 Å². The van der Waals surface area contributed by atoms with Crippen LogP contribution in [0.25, 0.3) is 0 Å². The summed E-state index contributed by atoms with van der Waals surface area (Å²) in [5.74, 6) is 0.684. The van der Waals surface area contributed by atoms with Crippen molar-refractivity contribution in [3.63, 3.8) is 0 Å². The van der Waals surface area contributed by atoms with Crippen LogP contribution in [-0.2, 0) is 13.1 Å². The Kier molecular flexibility index (Phi) is 5.10. The Balaban J connectivity index is 1.58. The van der Waals surface area contributed by atoms with Gasteiger partial charge in [0.05, 0.1) is 12.1 Å². The molecule has 1 aliphatic heterocycles. The van der Waals surface area contributed by atoms with Crippen molar-refractivity contribution in [1.82, 2.24) is 9.80 Å². The van der Waals surface area contributed by atoms with Gasteiger partial charge in [0, 0.05) is 32.7 Å². The molecule has 5 heteroatoms.